The minimum absolute atomic E-state index is 0.0975. The minimum Gasteiger partial charge on any atom is -0.444 e. The Hall–Kier alpha value is -2.29. The molecule has 1 amide bonds. The van der Waals surface area contributed by atoms with E-state index < -0.39 is 21.5 Å². The summed E-state index contributed by atoms with van der Waals surface area (Å²) in [7, 11) is -1.56. The molecular weight excluding hydrogens is 404 g/mol. The molecule has 30 heavy (non-hydrogen) atoms. The van der Waals surface area contributed by atoms with Gasteiger partial charge in [0.05, 0.1) is 4.90 Å². The average Bonchev–Trinajstić information content (AvgIpc) is 2.59. The molecule has 0 saturated heterocycles. The van der Waals surface area contributed by atoms with E-state index in [0.29, 0.717) is 29.5 Å². The molecule has 0 bridgehead atoms. The molecule has 0 radical (unpaired) electrons. The molecule has 0 aliphatic rings. The van der Waals surface area contributed by atoms with E-state index in [9.17, 15) is 13.2 Å². The second kappa shape index (κ2) is 11.2. The second-order valence-corrected chi connectivity index (χ2v) is 10.3. The molecule has 1 atom stereocenters. The maximum absolute atomic E-state index is 12.0. The van der Waals surface area contributed by atoms with Gasteiger partial charge in [0.15, 0.2) is 15.8 Å². The van der Waals surface area contributed by atoms with E-state index in [1.54, 1.807) is 26.1 Å². The maximum atomic E-state index is 12.0. The first-order valence-corrected chi connectivity index (χ1v) is 12.0. The summed E-state index contributed by atoms with van der Waals surface area (Å²) >= 11 is 0. The number of aliphatic imine (C=N–C) groups is 1. The fourth-order valence-corrected chi connectivity index (χ4v) is 3.87. The molecule has 170 valence electrons. The zero-order chi connectivity index (χ0) is 22.9. The summed E-state index contributed by atoms with van der Waals surface area (Å²) in [6.07, 6.45) is 2.49. The van der Waals surface area contributed by atoms with Crippen LogP contribution in [0.1, 0.15) is 51.7 Å². The molecule has 0 spiro atoms. The van der Waals surface area contributed by atoms with Gasteiger partial charge in [-0.2, -0.15) is 0 Å². The summed E-state index contributed by atoms with van der Waals surface area (Å²) in [6, 6.07) is 5.16. The molecule has 0 fully saturated rings. The van der Waals surface area contributed by atoms with Gasteiger partial charge in [-0.1, -0.05) is 25.5 Å². The third kappa shape index (κ3) is 9.47. The monoisotopic (exact) mass is 440 g/mol. The van der Waals surface area contributed by atoms with Gasteiger partial charge in [-0.15, -0.1) is 0 Å². The molecule has 1 aromatic carbocycles. The number of nitrogens with zero attached hydrogens (tertiary/aromatic N) is 1. The largest absolute Gasteiger partial charge is 0.444 e. The number of amides is 1. The molecule has 1 rings (SSSR count). The van der Waals surface area contributed by atoms with Crippen molar-refractivity contribution in [3.05, 3.63) is 29.3 Å². The predicted octanol–water partition coefficient (Wildman–Crippen LogP) is 2.76. The summed E-state index contributed by atoms with van der Waals surface area (Å²) in [6.45, 7) is 10.3. The van der Waals surface area contributed by atoms with E-state index >= 15 is 0 Å². The molecule has 0 saturated carbocycles. The Balaban J connectivity index is 2.64. The molecule has 0 aromatic heterocycles. The number of alkyl carbamates (subject to hydrolysis) is 1. The summed E-state index contributed by atoms with van der Waals surface area (Å²) in [4.78, 5) is 16.6. The van der Waals surface area contributed by atoms with Gasteiger partial charge in [0.25, 0.3) is 0 Å². The highest BCUT2D eigenvalue weighted by Crippen LogP contribution is 2.16. The molecule has 1 aromatic rings. The number of guanidine groups is 1. The van der Waals surface area contributed by atoms with Gasteiger partial charge < -0.3 is 20.7 Å². The number of ether oxygens (including phenoxy) is 1. The molecule has 0 heterocycles. The van der Waals surface area contributed by atoms with Crippen LogP contribution in [-0.2, 0) is 21.1 Å². The van der Waals surface area contributed by atoms with Gasteiger partial charge in [-0.3, -0.25) is 4.99 Å². The third-order valence-electron chi connectivity index (χ3n) is 4.20. The van der Waals surface area contributed by atoms with Gasteiger partial charge >= 0.3 is 6.09 Å². The van der Waals surface area contributed by atoms with Gasteiger partial charge in [-0.25, -0.2) is 13.2 Å². The van der Waals surface area contributed by atoms with Crippen molar-refractivity contribution in [2.75, 3.05) is 19.8 Å². The smallest absolute Gasteiger partial charge is 0.407 e. The predicted molar refractivity (Wildman–Crippen MR) is 121 cm³/mol. The maximum Gasteiger partial charge on any atom is 0.407 e. The second-order valence-electron chi connectivity index (χ2n) is 8.31. The summed E-state index contributed by atoms with van der Waals surface area (Å²) in [5, 5.41) is 9.31. The summed E-state index contributed by atoms with van der Waals surface area (Å²) in [5.41, 5.74) is 1.11. The Morgan fingerprint density at radius 1 is 1.23 bits per heavy atom. The number of carbonyl (C=O) groups excluding carboxylic acids is 1. The van der Waals surface area contributed by atoms with Crippen molar-refractivity contribution in [3.8, 4) is 0 Å². The SMILES string of the molecule is CCCC(CNC(=NC)NCc1ccc(S(C)(=O)=O)c(C)c1)NC(=O)OC(C)(C)C. The van der Waals surface area contributed by atoms with Crippen LogP contribution in [0.2, 0.25) is 0 Å². The highest BCUT2D eigenvalue weighted by atomic mass is 32.2. The fourth-order valence-electron chi connectivity index (χ4n) is 2.91. The average molecular weight is 441 g/mol. The molecule has 3 N–H and O–H groups in total. The van der Waals surface area contributed by atoms with Crippen molar-refractivity contribution >= 4 is 21.9 Å². The first-order valence-electron chi connectivity index (χ1n) is 10.1. The lowest BCUT2D eigenvalue weighted by atomic mass is 10.1. The van der Waals surface area contributed by atoms with Gasteiger partial charge in [0.1, 0.15) is 5.60 Å². The van der Waals surface area contributed by atoms with Crippen molar-refractivity contribution < 1.29 is 17.9 Å². The van der Waals surface area contributed by atoms with Crippen molar-refractivity contribution in [1.29, 1.82) is 0 Å². The lowest BCUT2D eigenvalue weighted by molar-refractivity contribution is 0.0502. The van der Waals surface area contributed by atoms with E-state index in [1.165, 1.54) is 6.26 Å². The standard InChI is InChI=1S/C21H36N4O4S/c1-8-9-17(25-20(26)29-21(3,4)5)14-24-19(22-6)23-13-16-10-11-18(15(2)12-16)30(7,27)28/h10-12,17H,8-9,13-14H2,1-7H3,(H,25,26)(H2,22,23,24). The fraction of sp³-hybridized carbons (Fsp3) is 0.619. The van der Waals surface area contributed by atoms with Gasteiger partial charge in [-0.05, 0) is 51.3 Å². The third-order valence-corrected chi connectivity index (χ3v) is 5.45. The van der Waals surface area contributed by atoms with Crippen molar-refractivity contribution in [3.63, 3.8) is 0 Å². The Kier molecular flexibility index (Phi) is 9.61. The van der Waals surface area contributed by atoms with Crippen molar-refractivity contribution in [2.45, 2.75) is 70.5 Å². The Morgan fingerprint density at radius 2 is 1.90 bits per heavy atom. The minimum atomic E-state index is -3.23. The van der Waals surface area contributed by atoms with Gasteiger partial charge in [0, 0.05) is 32.4 Å². The molecular formula is C21H36N4O4S. The van der Waals surface area contributed by atoms with Crippen LogP contribution in [0.4, 0.5) is 4.79 Å². The Morgan fingerprint density at radius 3 is 2.40 bits per heavy atom. The molecule has 0 aliphatic heterocycles. The van der Waals surface area contributed by atoms with Crippen LogP contribution >= 0.6 is 0 Å². The van der Waals surface area contributed by atoms with Crippen molar-refractivity contribution in [2.24, 2.45) is 4.99 Å². The lowest BCUT2D eigenvalue weighted by Crippen LogP contribution is -2.48. The Bertz CT molecular complexity index is 845. The number of hydrogen-bond acceptors (Lipinski definition) is 5. The van der Waals surface area contributed by atoms with Crippen LogP contribution in [0.25, 0.3) is 0 Å². The molecule has 9 heteroatoms. The van der Waals surface area contributed by atoms with Gasteiger partial charge in [0.2, 0.25) is 0 Å². The van der Waals surface area contributed by atoms with Crippen LogP contribution in [0.15, 0.2) is 28.1 Å². The van der Waals surface area contributed by atoms with E-state index in [4.69, 9.17) is 4.74 Å². The number of hydrogen-bond donors (Lipinski definition) is 3. The van der Waals surface area contributed by atoms with Crippen molar-refractivity contribution in [1.82, 2.24) is 16.0 Å². The Labute approximate surface area is 180 Å². The number of carbonyl (C=O) groups is 1. The normalized spacial score (nSPS) is 13.5. The topological polar surface area (TPSA) is 109 Å². The quantitative estimate of drug-likeness (QED) is 0.424. The van der Waals surface area contributed by atoms with E-state index in [1.807, 2.05) is 26.8 Å². The lowest BCUT2D eigenvalue weighted by Gasteiger charge is -2.24. The van der Waals surface area contributed by atoms with E-state index in [0.717, 1.165) is 18.4 Å². The van der Waals surface area contributed by atoms with E-state index in [-0.39, 0.29) is 6.04 Å². The first kappa shape index (κ1) is 25.7. The highest BCUT2D eigenvalue weighted by molar-refractivity contribution is 7.90. The number of sulfone groups is 1. The van der Waals surface area contributed by atoms with Crippen LogP contribution < -0.4 is 16.0 Å². The highest BCUT2D eigenvalue weighted by Gasteiger charge is 2.19. The molecule has 1 unspecified atom stereocenters. The summed E-state index contributed by atoms with van der Waals surface area (Å²) < 4.78 is 28.8. The molecule has 0 aliphatic carbocycles. The number of nitrogens with one attached hydrogen (secondary N) is 3. The van der Waals surface area contributed by atoms with Crippen LogP contribution in [0.5, 0.6) is 0 Å². The van der Waals surface area contributed by atoms with E-state index in [2.05, 4.69) is 27.9 Å². The van der Waals surface area contributed by atoms with Crippen LogP contribution in [0.3, 0.4) is 0 Å². The summed E-state index contributed by atoms with van der Waals surface area (Å²) in [5.74, 6) is 0.590. The zero-order valence-corrected chi connectivity index (χ0v) is 19.9. The number of rotatable bonds is 8. The number of aryl methyl sites for hydroxylation is 1. The molecule has 8 nitrogen and oxygen atoms in total. The number of benzene rings is 1. The zero-order valence-electron chi connectivity index (χ0n) is 19.1. The van der Waals surface area contributed by atoms with Crippen LogP contribution in [0, 0.1) is 6.92 Å². The van der Waals surface area contributed by atoms with Crippen LogP contribution in [-0.4, -0.2) is 52.0 Å². The first-order chi connectivity index (χ1) is 13.9.